The highest BCUT2D eigenvalue weighted by Crippen LogP contribution is 2.28. The van der Waals surface area contributed by atoms with Crippen molar-refractivity contribution in [3.8, 4) is 5.75 Å². The van der Waals surface area contributed by atoms with Crippen LogP contribution in [0.1, 0.15) is 20.3 Å². The first-order valence-electron chi connectivity index (χ1n) is 9.86. The SMILES string of the molecule is CC(C)Oc1ccc(N2C[C@H](C(=O)Nc3ccc4ccccc4c3)CC2=O)cc1. The van der Waals surface area contributed by atoms with Crippen molar-refractivity contribution >= 4 is 34.0 Å². The van der Waals surface area contributed by atoms with Gasteiger partial charge >= 0.3 is 0 Å². The maximum Gasteiger partial charge on any atom is 0.229 e. The molecule has 3 aromatic rings. The van der Waals surface area contributed by atoms with Gasteiger partial charge in [-0.05, 0) is 61.0 Å². The number of fused-ring (bicyclic) bond motifs is 1. The summed E-state index contributed by atoms with van der Waals surface area (Å²) in [5.41, 5.74) is 1.53. The minimum atomic E-state index is -0.374. The lowest BCUT2D eigenvalue weighted by Crippen LogP contribution is -2.28. The third-order valence-electron chi connectivity index (χ3n) is 5.03. The quantitative estimate of drug-likeness (QED) is 0.694. The molecule has 1 heterocycles. The number of carbonyl (C=O) groups is 2. The van der Waals surface area contributed by atoms with Crippen LogP contribution in [-0.2, 0) is 9.59 Å². The maximum absolute atomic E-state index is 12.7. The van der Waals surface area contributed by atoms with Gasteiger partial charge in [0, 0.05) is 24.3 Å². The predicted octanol–water partition coefficient (Wildman–Crippen LogP) is 4.62. The molecule has 0 radical (unpaired) electrons. The number of benzene rings is 3. The van der Waals surface area contributed by atoms with Crippen molar-refractivity contribution in [2.24, 2.45) is 5.92 Å². The van der Waals surface area contributed by atoms with Gasteiger partial charge in [-0.15, -0.1) is 0 Å². The zero-order valence-electron chi connectivity index (χ0n) is 16.6. The zero-order chi connectivity index (χ0) is 20.4. The van der Waals surface area contributed by atoms with Crippen LogP contribution in [0.3, 0.4) is 0 Å². The van der Waals surface area contributed by atoms with Gasteiger partial charge in [-0.25, -0.2) is 0 Å². The average molecular weight is 388 g/mol. The summed E-state index contributed by atoms with van der Waals surface area (Å²) in [6.07, 6.45) is 0.307. The Labute approximate surface area is 170 Å². The molecule has 0 bridgehead atoms. The fourth-order valence-electron chi connectivity index (χ4n) is 3.62. The Hall–Kier alpha value is -3.34. The van der Waals surface area contributed by atoms with Gasteiger partial charge in [-0.1, -0.05) is 30.3 Å². The average Bonchev–Trinajstić information content (AvgIpc) is 3.10. The molecule has 5 nitrogen and oxygen atoms in total. The molecule has 29 heavy (non-hydrogen) atoms. The molecule has 1 atom stereocenters. The summed E-state index contributed by atoms with van der Waals surface area (Å²) < 4.78 is 5.65. The van der Waals surface area contributed by atoms with E-state index < -0.39 is 0 Å². The van der Waals surface area contributed by atoms with Crippen molar-refractivity contribution in [2.45, 2.75) is 26.4 Å². The summed E-state index contributed by atoms with van der Waals surface area (Å²) >= 11 is 0. The van der Waals surface area contributed by atoms with Crippen molar-refractivity contribution in [3.05, 3.63) is 66.7 Å². The molecule has 0 saturated carbocycles. The van der Waals surface area contributed by atoms with E-state index in [1.54, 1.807) is 4.90 Å². The Morgan fingerprint density at radius 1 is 1.03 bits per heavy atom. The molecule has 0 aromatic heterocycles. The van der Waals surface area contributed by atoms with E-state index in [0.29, 0.717) is 6.54 Å². The molecular weight excluding hydrogens is 364 g/mol. The Balaban J connectivity index is 1.43. The summed E-state index contributed by atoms with van der Waals surface area (Å²) in [6, 6.07) is 21.3. The molecule has 1 fully saturated rings. The van der Waals surface area contributed by atoms with Gasteiger partial charge in [0.25, 0.3) is 0 Å². The van der Waals surface area contributed by atoms with Crippen LogP contribution >= 0.6 is 0 Å². The van der Waals surface area contributed by atoms with E-state index in [9.17, 15) is 9.59 Å². The Bertz CT molecular complexity index is 1040. The van der Waals surface area contributed by atoms with E-state index in [1.165, 1.54) is 0 Å². The molecule has 1 aliphatic rings. The van der Waals surface area contributed by atoms with E-state index in [4.69, 9.17) is 4.74 Å². The summed E-state index contributed by atoms with van der Waals surface area (Å²) in [6.45, 7) is 4.32. The van der Waals surface area contributed by atoms with Crippen molar-refractivity contribution < 1.29 is 14.3 Å². The van der Waals surface area contributed by atoms with E-state index in [-0.39, 0.29) is 30.3 Å². The Morgan fingerprint density at radius 3 is 2.48 bits per heavy atom. The predicted molar refractivity (Wildman–Crippen MR) is 115 cm³/mol. The van der Waals surface area contributed by atoms with Crippen molar-refractivity contribution in [3.63, 3.8) is 0 Å². The van der Waals surface area contributed by atoms with E-state index in [1.807, 2.05) is 80.6 Å². The summed E-state index contributed by atoms with van der Waals surface area (Å²) in [5, 5.41) is 5.15. The van der Waals surface area contributed by atoms with Crippen LogP contribution in [0, 0.1) is 5.92 Å². The van der Waals surface area contributed by atoms with Gasteiger partial charge in [-0.2, -0.15) is 0 Å². The topological polar surface area (TPSA) is 58.6 Å². The lowest BCUT2D eigenvalue weighted by molar-refractivity contribution is -0.122. The van der Waals surface area contributed by atoms with E-state index in [0.717, 1.165) is 27.9 Å². The molecule has 148 valence electrons. The molecule has 2 amide bonds. The largest absolute Gasteiger partial charge is 0.491 e. The second-order valence-corrected chi connectivity index (χ2v) is 7.62. The van der Waals surface area contributed by atoms with Crippen molar-refractivity contribution in [1.29, 1.82) is 0 Å². The Kier molecular flexibility index (Phi) is 5.21. The highest BCUT2D eigenvalue weighted by atomic mass is 16.5. The molecule has 4 rings (SSSR count). The lowest BCUT2D eigenvalue weighted by atomic mass is 10.1. The molecule has 1 aliphatic heterocycles. The van der Waals surface area contributed by atoms with Crippen LogP contribution in [0.2, 0.25) is 0 Å². The molecule has 5 heteroatoms. The third-order valence-corrected chi connectivity index (χ3v) is 5.03. The van der Waals surface area contributed by atoms with Crippen molar-refractivity contribution in [1.82, 2.24) is 0 Å². The molecule has 0 spiro atoms. The van der Waals surface area contributed by atoms with Gasteiger partial charge in [-0.3, -0.25) is 9.59 Å². The number of rotatable bonds is 5. The fourth-order valence-corrected chi connectivity index (χ4v) is 3.62. The second kappa shape index (κ2) is 7.95. The normalized spacial score (nSPS) is 16.4. The maximum atomic E-state index is 12.7. The molecule has 3 aromatic carbocycles. The second-order valence-electron chi connectivity index (χ2n) is 7.62. The van der Waals surface area contributed by atoms with Crippen LogP contribution in [-0.4, -0.2) is 24.5 Å². The number of anilines is 2. The first kappa shape index (κ1) is 19.0. The Morgan fingerprint density at radius 2 is 1.76 bits per heavy atom. The standard InChI is InChI=1S/C24H24N2O3/c1-16(2)29-22-11-9-21(10-12-22)26-15-19(14-23(26)27)24(28)25-20-8-7-17-5-3-4-6-18(17)13-20/h3-13,16,19H,14-15H2,1-2H3,(H,25,28)/t19-/m1/s1. The number of hydrogen-bond acceptors (Lipinski definition) is 3. The van der Waals surface area contributed by atoms with Gasteiger partial charge < -0.3 is 15.0 Å². The lowest BCUT2D eigenvalue weighted by Gasteiger charge is -2.18. The van der Waals surface area contributed by atoms with Gasteiger partial charge in [0.05, 0.1) is 12.0 Å². The van der Waals surface area contributed by atoms with Crippen LogP contribution in [0.15, 0.2) is 66.7 Å². The first-order chi connectivity index (χ1) is 14.0. The molecule has 0 unspecified atom stereocenters. The molecular formula is C24H24N2O3. The number of amides is 2. The molecule has 1 N–H and O–H groups in total. The third kappa shape index (κ3) is 4.24. The summed E-state index contributed by atoms with van der Waals surface area (Å²) in [4.78, 5) is 26.9. The number of nitrogens with zero attached hydrogens (tertiary/aromatic N) is 1. The minimum absolute atomic E-state index is 0.0406. The number of nitrogens with one attached hydrogen (secondary N) is 1. The van der Waals surface area contributed by atoms with Crippen LogP contribution < -0.4 is 15.0 Å². The van der Waals surface area contributed by atoms with Crippen molar-refractivity contribution in [2.75, 3.05) is 16.8 Å². The molecule has 1 saturated heterocycles. The van der Waals surface area contributed by atoms with E-state index in [2.05, 4.69) is 5.32 Å². The first-order valence-corrected chi connectivity index (χ1v) is 9.86. The van der Waals surface area contributed by atoms with E-state index >= 15 is 0 Å². The van der Waals surface area contributed by atoms with Gasteiger partial charge in [0.15, 0.2) is 0 Å². The van der Waals surface area contributed by atoms with Gasteiger partial charge in [0.1, 0.15) is 5.75 Å². The van der Waals surface area contributed by atoms with Gasteiger partial charge in [0.2, 0.25) is 11.8 Å². The number of hydrogen-bond donors (Lipinski definition) is 1. The number of ether oxygens (including phenoxy) is 1. The number of carbonyl (C=O) groups excluding carboxylic acids is 2. The highest BCUT2D eigenvalue weighted by Gasteiger charge is 2.35. The zero-order valence-corrected chi connectivity index (χ0v) is 16.6. The van der Waals surface area contributed by atoms with Crippen LogP contribution in [0.5, 0.6) is 5.75 Å². The molecule has 0 aliphatic carbocycles. The highest BCUT2D eigenvalue weighted by molar-refractivity contribution is 6.04. The van der Waals surface area contributed by atoms with Crippen LogP contribution in [0.25, 0.3) is 10.8 Å². The monoisotopic (exact) mass is 388 g/mol. The minimum Gasteiger partial charge on any atom is -0.491 e. The fraction of sp³-hybridized carbons (Fsp3) is 0.250. The smallest absolute Gasteiger partial charge is 0.229 e. The summed E-state index contributed by atoms with van der Waals surface area (Å²) in [5.74, 6) is 0.221. The summed E-state index contributed by atoms with van der Waals surface area (Å²) in [7, 11) is 0. The van der Waals surface area contributed by atoms with Crippen LogP contribution in [0.4, 0.5) is 11.4 Å².